The molecule has 0 spiro atoms. The number of aliphatic hydroxyl groups excluding tert-OH is 1. The summed E-state index contributed by atoms with van der Waals surface area (Å²) in [5.74, 6) is 1.78. The van der Waals surface area contributed by atoms with Crippen LogP contribution in [0, 0.1) is 18.8 Å². The van der Waals surface area contributed by atoms with Crippen molar-refractivity contribution in [2.24, 2.45) is 18.9 Å². The average Bonchev–Trinajstić information content (AvgIpc) is 3.40. The summed E-state index contributed by atoms with van der Waals surface area (Å²) in [6, 6.07) is 5.52. The SMILES string of the molecule is Cc1ccn2nc(C(=O)N[C@H]3C[C@H]4CN(Cc5nccn5C)C[C@H]4C[C@@H]3O)cc2c1. The van der Waals surface area contributed by atoms with Gasteiger partial charge in [-0.25, -0.2) is 9.50 Å². The van der Waals surface area contributed by atoms with Gasteiger partial charge in [-0.2, -0.15) is 5.10 Å². The molecular weight excluding hydrogens is 380 g/mol. The lowest BCUT2D eigenvalue weighted by Gasteiger charge is -2.35. The molecule has 0 radical (unpaired) electrons. The van der Waals surface area contributed by atoms with Crippen LogP contribution < -0.4 is 5.32 Å². The highest BCUT2D eigenvalue weighted by atomic mass is 16.3. The fraction of sp³-hybridized carbons (Fsp3) is 0.500. The number of nitrogens with one attached hydrogen (secondary N) is 1. The second-order valence-electron chi connectivity index (χ2n) is 8.89. The molecule has 1 saturated carbocycles. The topological polar surface area (TPSA) is 87.7 Å². The van der Waals surface area contributed by atoms with Gasteiger partial charge in [0.25, 0.3) is 5.91 Å². The normalized spacial score (nSPS) is 26.8. The molecule has 0 aromatic carbocycles. The quantitative estimate of drug-likeness (QED) is 0.681. The fourth-order valence-electron chi connectivity index (χ4n) is 5.02. The number of rotatable bonds is 4. The maximum atomic E-state index is 12.8. The van der Waals surface area contributed by atoms with Gasteiger partial charge in [-0.05, 0) is 55.4 Å². The van der Waals surface area contributed by atoms with E-state index in [4.69, 9.17) is 0 Å². The van der Waals surface area contributed by atoms with E-state index < -0.39 is 6.10 Å². The molecule has 4 heterocycles. The van der Waals surface area contributed by atoms with Gasteiger partial charge < -0.3 is 15.0 Å². The molecule has 1 saturated heterocycles. The predicted octanol–water partition coefficient (Wildman–Crippen LogP) is 1.38. The molecular formula is C22H28N6O2. The summed E-state index contributed by atoms with van der Waals surface area (Å²) in [4.78, 5) is 19.6. The highest BCUT2D eigenvalue weighted by molar-refractivity contribution is 5.93. The van der Waals surface area contributed by atoms with Crippen LogP contribution in [0.5, 0.6) is 0 Å². The van der Waals surface area contributed by atoms with E-state index in [2.05, 4.69) is 24.9 Å². The summed E-state index contributed by atoms with van der Waals surface area (Å²) < 4.78 is 3.76. The van der Waals surface area contributed by atoms with Crippen LogP contribution in [-0.4, -0.2) is 60.3 Å². The Bertz CT molecular complexity index is 1070. The third-order valence-corrected chi connectivity index (χ3v) is 6.67. The van der Waals surface area contributed by atoms with E-state index in [1.165, 1.54) is 0 Å². The number of carbonyl (C=O) groups is 1. The van der Waals surface area contributed by atoms with Gasteiger partial charge >= 0.3 is 0 Å². The monoisotopic (exact) mass is 408 g/mol. The number of nitrogens with zero attached hydrogens (tertiary/aromatic N) is 5. The molecule has 4 atom stereocenters. The minimum absolute atomic E-state index is 0.221. The zero-order valence-electron chi connectivity index (χ0n) is 17.4. The Hall–Kier alpha value is -2.71. The number of imidazole rings is 1. The van der Waals surface area contributed by atoms with Crippen molar-refractivity contribution in [3.05, 3.63) is 53.9 Å². The molecule has 2 aliphatic rings. The number of likely N-dealkylation sites (tertiary alicyclic amines) is 1. The second-order valence-corrected chi connectivity index (χ2v) is 8.89. The highest BCUT2D eigenvalue weighted by Gasteiger charge is 2.42. The molecule has 0 bridgehead atoms. The van der Waals surface area contributed by atoms with Gasteiger partial charge in [0.2, 0.25) is 0 Å². The molecule has 2 N–H and O–H groups in total. The lowest BCUT2D eigenvalue weighted by atomic mass is 9.77. The van der Waals surface area contributed by atoms with Crippen LogP contribution in [0.1, 0.15) is 34.7 Å². The maximum Gasteiger partial charge on any atom is 0.272 e. The first-order valence-electron chi connectivity index (χ1n) is 10.6. The van der Waals surface area contributed by atoms with Crippen LogP contribution in [0.3, 0.4) is 0 Å². The number of carbonyl (C=O) groups excluding carboxylic acids is 1. The van der Waals surface area contributed by atoms with Gasteiger partial charge in [-0.1, -0.05) is 0 Å². The van der Waals surface area contributed by atoms with Gasteiger partial charge in [-0.3, -0.25) is 9.69 Å². The Morgan fingerprint density at radius 1 is 1.23 bits per heavy atom. The first-order valence-corrected chi connectivity index (χ1v) is 10.6. The summed E-state index contributed by atoms with van der Waals surface area (Å²) in [6.07, 6.45) is 6.64. The zero-order chi connectivity index (χ0) is 20.8. The van der Waals surface area contributed by atoms with Crippen LogP contribution in [-0.2, 0) is 13.6 Å². The molecule has 5 rings (SSSR count). The van der Waals surface area contributed by atoms with Crippen molar-refractivity contribution in [1.82, 2.24) is 29.4 Å². The van der Waals surface area contributed by atoms with Crippen molar-refractivity contribution in [3.8, 4) is 0 Å². The Balaban J connectivity index is 1.24. The van der Waals surface area contributed by atoms with Crippen LogP contribution in [0.15, 0.2) is 36.8 Å². The molecule has 1 aliphatic heterocycles. The van der Waals surface area contributed by atoms with E-state index in [1.54, 1.807) is 10.6 Å². The summed E-state index contributed by atoms with van der Waals surface area (Å²) in [7, 11) is 2.02. The molecule has 8 nitrogen and oxygen atoms in total. The first kappa shape index (κ1) is 19.3. The number of aryl methyl sites for hydroxylation is 2. The van der Waals surface area contributed by atoms with Gasteiger partial charge in [0.05, 0.1) is 24.2 Å². The Morgan fingerprint density at radius 2 is 2.03 bits per heavy atom. The maximum absolute atomic E-state index is 12.8. The van der Waals surface area contributed by atoms with Crippen molar-refractivity contribution < 1.29 is 9.90 Å². The van der Waals surface area contributed by atoms with E-state index in [-0.39, 0.29) is 11.9 Å². The largest absolute Gasteiger partial charge is 0.391 e. The molecule has 3 aromatic heterocycles. The highest BCUT2D eigenvalue weighted by Crippen LogP contribution is 2.37. The molecule has 158 valence electrons. The summed E-state index contributed by atoms with van der Waals surface area (Å²) in [6.45, 7) is 4.79. The Labute approximate surface area is 175 Å². The first-order chi connectivity index (χ1) is 14.5. The van der Waals surface area contributed by atoms with Gasteiger partial charge in [0.1, 0.15) is 5.82 Å². The molecule has 3 aromatic rings. The second kappa shape index (κ2) is 7.52. The minimum Gasteiger partial charge on any atom is -0.391 e. The van der Waals surface area contributed by atoms with Crippen LogP contribution >= 0.6 is 0 Å². The summed E-state index contributed by atoms with van der Waals surface area (Å²) in [5, 5.41) is 18.1. The predicted molar refractivity (Wildman–Crippen MR) is 112 cm³/mol. The number of aliphatic hydroxyl groups is 1. The Kier molecular flexibility index (Phi) is 4.83. The van der Waals surface area contributed by atoms with Crippen molar-refractivity contribution >= 4 is 11.4 Å². The number of hydrogen-bond acceptors (Lipinski definition) is 5. The van der Waals surface area contributed by atoms with E-state index in [0.29, 0.717) is 17.5 Å². The van der Waals surface area contributed by atoms with Gasteiger partial charge in [0.15, 0.2) is 5.69 Å². The number of amides is 1. The standard InChI is InChI=1S/C22H28N6O2/c1-14-3-5-28-17(7-14)10-19(25-28)22(30)24-18-8-15-11-27(12-16(15)9-20(18)29)13-21-23-4-6-26(21)2/h3-7,10,15-16,18,20,29H,8-9,11-13H2,1-2H3,(H,24,30)/t15-,16+,18-,20-/m0/s1. The van der Waals surface area contributed by atoms with Crippen LogP contribution in [0.2, 0.25) is 0 Å². The number of pyridine rings is 1. The molecule has 1 aliphatic carbocycles. The smallest absolute Gasteiger partial charge is 0.272 e. The molecule has 30 heavy (non-hydrogen) atoms. The van der Waals surface area contributed by atoms with Gasteiger partial charge in [0, 0.05) is 38.7 Å². The molecule has 0 unspecified atom stereocenters. The van der Waals surface area contributed by atoms with E-state index in [1.807, 2.05) is 44.7 Å². The van der Waals surface area contributed by atoms with Crippen LogP contribution in [0.4, 0.5) is 0 Å². The lowest BCUT2D eigenvalue weighted by Crippen LogP contribution is -2.49. The summed E-state index contributed by atoms with van der Waals surface area (Å²) in [5.41, 5.74) is 2.40. The van der Waals surface area contributed by atoms with Crippen molar-refractivity contribution in [2.45, 2.75) is 38.5 Å². The lowest BCUT2D eigenvalue weighted by molar-refractivity contribution is 0.0459. The van der Waals surface area contributed by atoms with E-state index in [9.17, 15) is 9.90 Å². The number of hydrogen-bond donors (Lipinski definition) is 2. The molecule has 1 amide bonds. The van der Waals surface area contributed by atoms with Gasteiger partial charge in [-0.15, -0.1) is 0 Å². The summed E-state index contributed by atoms with van der Waals surface area (Å²) >= 11 is 0. The average molecular weight is 409 g/mol. The van der Waals surface area contributed by atoms with Crippen molar-refractivity contribution in [2.75, 3.05) is 13.1 Å². The minimum atomic E-state index is -0.525. The molecule has 2 fully saturated rings. The fourth-order valence-corrected chi connectivity index (χ4v) is 5.02. The van der Waals surface area contributed by atoms with E-state index >= 15 is 0 Å². The van der Waals surface area contributed by atoms with E-state index in [0.717, 1.165) is 49.4 Å². The van der Waals surface area contributed by atoms with Crippen LogP contribution in [0.25, 0.3) is 5.52 Å². The number of fused-ring (bicyclic) bond motifs is 2. The zero-order valence-corrected chi connectivity index (χ0v) is 17.4. The Morgan fingerprint density at radius 3 is 2.80 bits per heavy atom. The number of aromatic nitrogens is 4. The van der Waals surface area contributed by atoms with Crippen molar-refractivity contribution in [3.63, 3.8) is 0 Å². The third-order valence-electron chi connectivity index (χ3n) is 6.67. The third kappa shape index (κ3) is 3.61. The molecule has 8 heteroatoms. The van der Waals surface area contributed by atoms with Crippen molar-refractivity contribution in [1.29, 1.82) is 0 Å².